The van der Waals surface area contributed by atoms with Crippen molar-refractivity contribution in [3.05, 3.63) is 70.5 Å². The van der Waals surface area contributed by atoms with Gasteiger partial charge in [-0.1, -0.05) is 53.3 Å². The molecular formula is C22H20N4O3S2. The second kappa shape index (κ2) is 8.91. The highest BCUT2D eigenvalue weighted by atomic mass is 32.2. The van der Waals surface area contributed by atoms with Gasteiger partial charge < -0.3 is 4.52 Å². The predicted octanol–water partition coefficient (Wildman–Crippen LogP) is 4.73. The Morgan fingerprint density at radius 3 is 2.84 bits per heavy atom. The van der Waals surface area contributed by atoms with Crippen molar-refractivity contribution in [2.75, 3.05) is 5.32 Å². The van der Waals surface area contributed by atoms with E-state index < -0.39 is 5.25 Å². The molecule has 31 heavy (non-hydrogen) atoms. The third-order valence-electron chi connectivity index (χ3n) is 4.58. The Balaban J connectivity index is 1.69. The van der Waals surface area contributed by atoms with Gasteiger partial charge in [0, 0.05) is 23.6 Å². The first-order valence-electron chi connectivity index (χ1n) is 9.57. The number of hydrogen-bond acceptors (Lipinski definition) is 7. The van der Waals surface area contributed by atoms with Crippen LogP contribution < -0.4 is 10.9 Å². The lowest BCUT2D eigenvalue weighted by molar-refractivity contribution is -0.115. The fraction of sp³-hybridized carbons (Fsp3) is 0.182. The highest BCUT2D eigenvalue weighted by Crippen LogP contribution is 2.33. The van der Waals surface area contributed by atoms with Gasteiger partial charge in [0.1, 0.15) is 4.83 Å². The number of fused-ring (bicyclic) bond motifs is 1. The van der Waals surface area contributed by atoms with E-state index in [-0.39, 0.29) is 17.4 Å². The highest BCUT2D eigenvalue weighted by molar-refractivity contribution is 8.00. The molecule has 7 nitrogen and oxygen atoms in total. The average molecular weight is 453 g/mol. The van der Waals surface area contributed by atoms with Crippen LogP contribution >= 0.6 is 23.1 Å². The molecule has 0 aliphatic rings. The number of thioether (sulfide) groups is 1. The van der Waals surface area contributed by atoms with Crippen molar-refractivity contribution in [3.63, 3.8) is 0 Å². The van der Waals surface area contributed by atoms with Gasteiger partial charge in [-0.15, -0.1) is 17.9 Å². The SMILES string of the molecule is C=CCn1c(SC(C)C(=O)Nc2cc(C)no2)nc2scc(-c3ccccc3)c2c1=O. The van der Waals surface area contributed by atoms with Crippen LogP contribution in [-0.2, 0) is 11.3 Å². The summed E-state index contributed by atoms with van der Waals surface area (Å²) in [5.41, 5.74) is 2.35. The standard InChI is InChI=1S/C22H20N4O3S2/c1-4-10-26-21(28)18-16(15-8-6-5-7-9-15)12-30-20(18)24-22(26)31-14(3)19(27)23-17-11-13(2)25-29-17/h4-9,11-12,14H,1,10H2,2-3H3,(H,23,27). The molecule has 1 atom stereocenters. The number of thiophene rings is 1. The fourth-order valence-electron chi connectivity index (χ4n) is 3.07. The smallest absolute Gasteiger partial charge is 0.263 e. The summed E-state index contributed by atoms with van der Waals surface area (Å²) in [6.45, 7) is 7.59. The second-order valence-corrected chi connectivity index (χ2v) is 9.04. The molecule has 1 N–H and O–H groups in total. The van der Waals surface area contributed by atoms with Gasteiger partial charge in [-0.3, -0.25) is 19.5 Å². The molecule has 158 valence electrons. The summed E-state index contributed by atoms with van der Waals surface area (Å²) in [5.74, 6) is 0.0180. The number of carbonyl (C=O) groups is 1. The molecule has 9 heteroatoms. The molecule has 0 spiro atoms. The van der Waals surface area contributed by atoms with E-state index in [0.717, 1.165) is 11.1 Å². The minimum absolute atomic E-state index is 0.147. The zero-order chi connectivity index (χ0) is 22.0. The normalized spacial score (nSPS) is 12.1. The van der Waals surface area contributed by atoms with Gasteiger partial charge in [-0.25, -0.2) is 4.98 Å². The van der Waals surface area contributed by atoms with Gasteiger partial charge in [-0.05, 0) is 19.4 Å². The van der Waals surface area contributed by atoms with Crippen molar-refractivity contribution in [2.45, 2.75) is 30.8 Å². The summed E-state index contributed by atoms with van der Waals surface area (Å²) >= 11 is 2.63. The molecule has 0 bridgehead atoms. The molecule has 0 aliphatic carbocycles. The van der Waals surface area contributed by atoms with E-state index in [1.807, 2.05) is 35.7 Å². The first-order chi connectivity index (χ1) is 15.0. The molecule has 4 aromatic rings. The van der Waals surface area contributed by atoms with Crippen molar-refractivity contribution >= 4 is 45.1 Å². The minimum Gasteiger partial charge on any atom is -0.338 e. The number of allylic oxidation sites excluding steroid dienone is 1. The fourth-order valence-corrected chi connectivity index (χ4v) is 4.98. The van der Waals surface area contributed by atoms with Gasteiger partial charge in [0.2, 0.25) is 11.8 Å². The number of aryl methyl sites for hydroxylation is 1. The van der Waals surface area contributed by atoms with Crippen molar-refractivity contribution in [2.24, 2.45) is 0 Å². The Hall–Kier alpha value is -3.17. The monoisotopic (exact) mass is 452 g/mol. The molecule has 0 fully saturated rings. The summed E-state index contributed by atoms with van der Waals surface area (Å²) < 4.78 is 6.60. The van der Waals surface area contributed by atoms with Gasteiger partial charge in [0.05, 0.1) is 16.3 Å². The topological polar surface area (TPSA) is 90.0 Å². The molecule has 1 aromatic carbocycles. The van der Waals surface area contributed by atoms with Crippen LogP contribution in [0.5, 0.6) is 0 Å². The van der Waals surface area contributed by atoms with E-state index in [9.17, 15) is 9.59 Å². The maximum atomic E-state index is 13.4. The summed E-state index contributed by atoms with van der Waals surface area (Å²) in [5, 5.41) is 8.93. The van der Waals surface area contributed by atoms with Gasteiger partial charge in [0.25, 0.3) is 5.56 Å². The van der Waals surface area contributed by atoms with Gasteiger partial charge >= 0.3 is 0 Å². The minimum atomic E-state index is -0.514. The molecule has 3 heterocycles. The van der Waals surface area contributed by atoms with Crippen LogP contribution in [0.3, 0.4) is 0 Å². The number of aromatic nitrogens is 3. The third-order valence-corrected chi connectivity index (χ3v) is 6.54. The zero-order valence-electron chi connectivity index (χ0n) is 17.0. The van der Waals surface area contributed by atoms with Crippen molar-refractivity contribution in [3.8, 4) is 11.1 Å². The maximum absolute atomic E-state index is 13.4. The maximum Gasteiger partial charge on any atom is 0.263 e. The largest absolute Gasteiger partial charge is 0.338 e. The van der Waals surface area contributed by atoms with E-state index in [1.165, 1.54) is 23.1 Å². The van der Waals surface area contributed by atoms with Crippen molar-refractivity contribution in [1.29, 1.82) is 0 Å². The highest BCUT2D eigenvalue weighted by Gasteiger charge is 2.22. The molecule has 1 unspecified atom stereocenters. The summed E-state index contributed by atoms with van der Waals surface area (Å²) in [6.07, 6.45) is 1.65. The zero-order valence-corrected chi connectivity index (χ0v) is 18.6. The Bertz CT molecular complexity index is 1310. The lowest BCUT2D eigenvalue weighted by Gasteiger charge is -2.14. The van der Waals surface area contributed by atoms with Gasteiger partial charge in [0.15, 0.2) is 5.16 Å². The number of carbonyl (C=O) groups excluding carboxylic acids is 1. The molecule has 0 saturated carbocycles. The number of rotatable bonds is 7. The van der Waals surface area contributed by atoms with Crippen molar-refractivity contribution < 1.29 is 9.32 Å². The second-order valence-electron chi connectivity index (χ2n) is 6.88. The van der Waals surface area contributed by atoms with E-state index in [1.54, 1.807) is 30.6 Å². The Kier molecular flexibility index (Phi) is 6.06. The molecule has 4 rings (SSSR count). The molecule has 0 aliphatic heterocycles. The summed E-state index contributed by atoms with van der Waals surface area (Å²) in [4.78, 5) is 31.3. The van der Waals surface area contributed by atoms with E-state index in [0.29, 0.717) is 27.6 Å². The lowest BCUT2D eigenvalue weighted by Crippen LogP contribution is -2.26. The predicted molar refractivity (Wildman–Crippen MR) is 125 cm³/mol. The summed E-state index contributed by atoms with van der Waals surface area (Å²) in [6, 6.07) is 11.4. The average Bonchev–Trinajstić information content (AvgIpc) is 3.37. The van der Waals surface area contributed by atoms with E-state index in [4.69, 9.17) is 9.51 Å². The number of benzene rings is 1. The van der Waals surface area contributed by atoms with Crippen LogP contribution in [-0.4, -0.2) is 25.9 Å². The number of amides is 1. The van der Waals surface area contributed by atoms with Crippen LogP contribution in [0.2, 0.25) is 0 Å². The Labute approximate surface area is 186 Å². The molecule has 0 radical (unpaired) electrons. The Morgan fingerprint density at radius 2 is 2.16 bits per heavy atom. The van der Waals surface area contributed by atoms with E-state index in [2.05, 4.69) is 17.1 Å². The lowest BCUT2D eigenvalue weighted by atomic mass is 10.1. The molecular weight excluding hydrogens is 432 g/mol. The number of anilines is 1. The van der Waals surface area contributed by atoms with E-state index >= 15 is 0 Å². The Morgan fingerprint density at radius 1 is 1.39 bits per heavy atom. The summed E-state index contributed by atoms with van der Waals surface area (Å²) in [7, 11) is 0. The van der Waals surface area contributed by atoms with Crippen LogP contribution in [0.4, 0.5) is 5.88 Å². The van der Waals surface area contributed by atoms with Crippen molar-refractivity contribution in [1.82, 2.24) is 14.7 Å². The number of hydrogen-bond donors (Lipinski definition) is 1. The first kappa shape index (κ1) is 21.1. The number of nitrogens with one attached hydrogen (secondary N) is 1. The molecule has 1 amide bonds. The molecule has 0 saturated heterocycles. The third kappa shape index (κ3) is 4.33. The molecule has 3 aromatic heterocycles. The van der Waals surface area contributed by atoms with Crippen LogP contribution in [0.1, 0.15) is 12.6 Å². The van der Waals surface area contributed by atoms with Crippen LogP contribution in [0, 0.1) is 6.92 Å². The van der Waals surface area contributed by atoms with Crippen LogP contribution in [0.25, 0.3) is 21.3 Å². The van der Waals surface area contributed by atoms with Gasteiger partial charge in [-0.2, -0.15) is 0 Å². The first-order valence-corrected chi connectivity index (χ1v) is 11.3. The quantitative estimate of drug-likeness (QED) is 0.248. The van der Waals surface area contributed by atoms with Crippen LogP contribution in [0.15, 0.2) is 68.9 Å². The number of nitrogens with zero attached hydrogens (tertiary/aromatic N) is 3.